The van der Waals surface area contributed by atoms with Gasteiger partial charge in [-0.1, -0.05) is 60.2 Å². The molecule has 0 aliphatic carbocycles. The SMILES string of the molecule is Cc1cc(C)c(N(c2cccc(-c3nc(-c4ccccc4O)nc4c3oc3ccccc34)c2)c2ccccn2)c(C)c1. The Bertz CT molecular complexity index is 2080. The number of hydrogen-bond donors (Lipinski definition) is 1. The Morgan fingerprint density at radius 1 is 0.738 bits per heavy atom. The number of benzene rings is 4. The van der Waals surface area contributed by atoms with E-state index >= 15 is 0 Å². The first-order valence-electron chi connectivity index (χ1n) is 13.8. The zero-order valence-corrected chi connectivity index (χ0v) is 23.5. The summed E-state index contributed by atoms with van der Waals surface area (Å²) in [5, 5.41) is 11.6. The minimum Gasteiger partial charge on any atom is -0.507 e. The van der Waals surface area contributed by atoms with Crippen molar-refractivity contribution >= 4 is 39.3 Å². The molecule has 1 N–H and O–H groups in total. The van der Waals surface area contributed by atoms with Crippen LogP contribution in [-0.2, 0) is 0 Å². The lowest BCUT2D eigenvalue weighted by Gasteiger charge is -2.28. The zero-order chi connectivity index (χ0) is 28.8. The second kappa shape index (κ2) is 10.2. The molecule has 7 rings (SSSR count). The number of anilines is 3. The molecule has 0 atom stereocenters. The standard InChI is InChI=1S/C36H28N4O2/c1-22-19-23(2)34(24(3)20-22)40(31-17-8-9-18-37-31)26-12-10-11-25(21-26)32-35-33(28-14-5-7-16-30(28)42-35)39-36(38-32)27-13-4-6-15-29(27)41/h4-21,41H,1-3H3. The monoisotopic (exact) mass is 548 g/mol. The molecule has 0 aliphatic rings. The largest absolute Gasteiger partial charge is 0.507 e. The fourth-order valence-electron chi connectivity index (χ4n) is 5.75. The molecular formula is C36H28N4O2. The van der Waals surface area contributed by atoms with Gasteiger partial charge in [-0.2, -0.15) is 0 Å². The molecule has 0 saturated carbocycles. The van der Waals surface area contributed by atoms with Crippen molar-refractivity contribution in [1.29, 1.82) is 0 Å². The predicted octanol–water partition coefficient (Wildman–Crippen LogP) is 9.21. The van der Waals surface area contributed by atoms with Crippen LogP contribution in [0.5, 0.6) is 5.75 Å². The van der Waals surface area contributed by atoms with Gasteiger partial charge in [-0.3, -0.25) is 4.90 Å². The molecule has 0 spiro atoms. The first-order chi connectivity index (χ1) is 20.5. The van der Waals surface area contributed by atoms with Crippen molar-refractivity contribution < 1.29 is 9.52 Å². The third-order valence-corrected chi connectivity index (χ3v) is 7.48. The van der Waals surface area contributed by atoms with E-state index in [1.165, 1.54) is 5.56 Å². The van der Waals surface area contributed by atoms with E-state index in [9.17, 15) is 5.11 Å². The average Bonchev–Trinajstić information content (AvgIpc) is 3.38. The van der Waals surface area contributed by atoms with Crippen LogP contribution >= 0.6 is 0 Å². The third-order valence-electron chi connectivity index (χ3n) is 7.48. The highest BCUT2D eigenvalue weighted by molar-refractivity contribution is 6.07. The van der Waals surface area contributed by atoms with E-state index in [-0.39, 0.29) is 5.75 Å². The van der Waals surface area contributed by atoms with E-state index in [0.717, 1.165) is 44.9 Å². The first kappa shape index (κ1) is 25.5. The van der Waals surface area contributed by atoms with Crippen molar-refractivity contribution in [3.63, 3.8) is 0 Å². The summed E-state index contributed by atoms with van der Waals surface area (Å²) >= 11 is 0. The van der Waals surface area contributed by atoms with Crippen LogP contribution in [0.2, 0.25) is 0 Å². The van der Waals surface area contributed by atoms with Gasteiger partial charge in [0.2, 0.25) is 0 Å². The first-order valence-corrected chi connectivity index (χ1v) is 13.8. The van der Waals surface area contributed by atoms with Crippen molar-refractivity contribution in [2.75, 3.05) is 4.90 Å². The number of pyridine rings is 1. The smallest absolute Gasteiger partial charge is 0.180 e. The van der Waals surface area contributed by atoms with Crippen LogP contribution in [0.3, 0.4) is 0 Å². The minimum atomic E-state index is 0.121. The van der Waals surface area contributed by atoms with Crippen molar-refractivity contribution in [2.45, 2.75) is 20.8 Å². The summed E-state index contributed by atoms with van der Waals surface area (Å²) in [6, 6.07) is 33.5. The number of aromatic hydroxyl groups is 1. The third kappa shape index (κ3) is 4.34. The number of furan rings is 1. The number of aromatic nitrogens is 3. The fraction of sp³-hybridized carbons (Fsp3) is 0.0833. The molecule has 0 saturated heterocycles. The van der Waals surface area contributed by atoms with Crippen LogP contribution in [0.15, 0.2) is 114 Å². The molecule has 4 aromatic carbocycles. The van der Waals surface area contributed by atoms with E-state index in [2.05, 4.69) is 49.9 Å². The summed E-state index contributed by atoms with van der Waals surface area (Å²) in [5.74, 6) is 1.37. The molecule has 6 nitrogen and oxygen atoms in total. The number of rotatable bonds is 5. The van der Waals surface area contributed by atoms with Crippen LogP contribution in [0, 0.1) is 20.8 Å². The Morgan fingerprint density at radius 2 is 1.50 bits per heavy atom. The highest BCUT2D eigenvalue weighted by atomic mass is 16.3. The van der Waals surface area contributed by atoms with E-state index in [4.69, 9.17) is 19.4 Å². The number of hydrogen-bond acceptors (Lipinski definition) is 6. The van der Waals surface area contributed by atoms with Gasteiger partial charge >= 0.3 is 0 Å². The van der Waals surface area contributed by atoms with E-state index < -0.39 is 0 Å². The molecule has 0 amide bonds. The molecule has 7 aromatic rings. The van der Waals surface area contributed by atoms with Crippen LogP contribution in [0.1, 0.15) is 16.7 Å². The minimum absolute atomic E-state index is 0.121. The fourth-order valence-corrected chi connectivity index (χ4v) is 5.75. The molecule has 0 unspecified atom stereocenters. The zero-order valence-electron chi connectivity index (χ0n) is 23.5. The molecule has 3 aromatic heterocycles. The lowest BCUT2D eigenvalue weighted by Crippen LogP contribution is -2.14. The van der Waals surface area contributed by atoms with Gasteiger partial charge in [0.05, 0.1) is 11.3 Å². The number of nitrogens with zero attached hydrogens (tertiary/aromatic N) is 4. The molecule has 6 heteroatoms. The van der Waals surface area contributed by atoms with Crippen molar-refractivity contribution in [3.05, 3.63) is 126 Å². The van der Waals surface area contributed by atoms with Gasteiger partial charge in [0.25, 0.3) is 0 Å². The van der Waals surface area contributed by atoms with Gasteiger partial charge < -0.3 is 9.52 Å². The van der Waals surface area contributed by atoms with E-state index in [0.29, 0.717) is 28.2 Å². The van der Waals surface area contributed by atoms with E-state index in [1.807, 2.05) is 72.9 Å². The van der Waals surface area contributed by atoms with Crippen molar-refractivity contribution in [1.82, 2.24) is 15.0 Å². The summed E-state index contributed by atoms with van der Waals surface area (Å²) in [4.78, 5) is 16.8. The Hall–Kier alpha value is -5.49. The Balaban J connectivity index is 1.49. The quantitative estimate of drug-likeness (QED) is 0.231. The number of aryl methyl sites for hydroxylation is 3. The van der Waals surface area contributed by atoms with Crippen molar-refractivity contribution in [3.8, 4) is 28.4 Å². The summed E-state index contributed by atoms with van der Waals surface area (Å²) in [7, 11) is 0. The van der Waals surface area contributed by atoms with Crippen molar-refractivity contribution in [2.24, 2.45) is 0 Å². The maximum absolute atomic E-state index is 10.7. The molecule has 204 valence electrons. The van der Waals surface area contributed by atoms with Gasteiger partial charge in [-0.25, -0.2) is 15.0 Å². The summed E-state index contributed by atoms with van der Waals surface area (Å²) < 4.78 is 6.37. The normalized spacial score (nSPS) is 11.3. The summed E-state index contributed by atoms with van der Waals surface area (Å²) in [5.41, 5.74) is 9.65. The highest BCUT2D eigenvalue weighted by Crippen LogP contribution is 2.41. The second-order valence-corrected chi connectivity index (χ2v) is 10.5. The van der Waals surface area contributed by atoms with Gasteiger partial charge in [0.1, 0.15) is 28.4 Å². The van der Waals surface area contributed by atoms with Gasteiger partial charge in [-0.15, -0.1) is 0 Å². The Labute approximate surface area is 243 Å². The maximum Gasteiger partial charge on any atom is 0.180 e. The molecule has 0 radical (unpaired) electrons. The van der Waals surface area contributed by atoms with Crippen LogP contribution < -0.4 is 4.90 Å². The summed E-state index contributed by atoms with van der Waals surface area (Å²) in [6.45, 7) is 6.39. The van der Waals surface area contributed by atoms with Crippen LogP contribution in [0.4, 0.5) is 17.2 Å². The van der Waals surface area contributed by atoms with Gasteiger partial charge in [0, 0.05) is 22.8 Å². The number of phenolic OH excluding ortho intramolecular Hbond substituents is 1. The lowest BCUT2D eigenvalue weighted by atomic mass is 10.0. The van der Waals surface area contributed by atoms with Crippen LogP contribution in [-0.4, -0.2) is 20.1 Å². The Morgan fingerprint density at radius 3 is 2.29 bits per heavy atom. The molecule has 0 aliphatic heterocycles. The number of para-hydroxylation sites is 2. The van der Waals surface area contributed by atoms with E-state index in [1.54, 1.807) is 12.1 Å². The van der Waals surface area contributed by atoms with Gasteiger partial charge in [-0.05, 0) is 80.4 Å². The van der Waals surface area contributed by atoms with Crippen LogP contribution in [0.25, 0.3) is 44.7 Å². The number of fused-ring (bicyclic) bond motifs is 3. The second-order valence-electron chi connectivity index (χ2n) is 10.5. The molecule has 0 bridgehead atoms. The predicted molar refractivity (Wildman–Crippen MR) is 169 cm³/mol. The molecular weight excluding hydrogens is 520 g/mol. The molecule has 3 heterocycles. The highest BCUT2D eigenvalue weighted by Gasteiger charge is 2.22. The topological polar surface area (TPSA) is 75.3 Å². The lowest BCUT2D eigenvalue weighted by molar-refractivity contribution is 0.477. The average molecular weight is 549 g/mol. The molecule has 0 fully saturated rings. The summed E-state index contributed by atoms with van der Waals surface area (Å²) in [6.07, 6.45) is 1.81. The maximum atomic E-state index is 10.7. The Kier molecular flexibility index (Phi) is 6.16. The number of phenols is 1. The van der Waals surface area contributed by atoms with Gasteiger partial charge in [0.15, 0.2) is 11.4 Å². The molecule has 42 heavy (non-hydrogen) atoms.